The molecule has 0 aliphatic heterocycles. The van der Waals surface area contributed by atoms with Crippen molar-refractivity contribution in [2.75, 3.05) is 7.11 Å². The summed E-state index contributed by atoms with van der Waals surface area (Å²) < 4.78 is 5.59. The molecule has 0 saturated heterocycles. The van der Waals surface area contributed by atoms with E-state index in [1.165, 1.54) is 25.1 Å². The third-order valence-electron chi connectivity index (χ3n) is 2.03. The number of aromatic nitrogens is 2. The summed E-state index contributed by atoms with van der Waals surface area (Å²) in [5.74, 6) is -0.487. The van der Waals surface area contributed by atoms with E-state index in [4.69, 9.17) is 0 Å². The first-order valence-electron chi connectivity index (χ1n) is 5.03. The van der Waals surface area contributed by atoms with Crippen LogP contribution in [0.15, 0.2) is 51.1 Å². The summed E-state index contributed by atoms with van der Waals surface area (Å²) in [6.07, 6.45) is 2.99. The Labute approximate surface area is 117 Å². The molecule has 0 fully saturated rings. The molecule has 0 N–H and O–H groups in total. The number of benzene rings is 1. The highest BCUT2D eigenvalue weighted by Crippen LogP contribution is 2.27. The summed E-state index contributed by atoms with van der Waals surface area (Å²) in [4.78, 5) is 20.5. The fourth-order valence-electron chi connectivity index (χ4n) is 1.25. The molecule has 4 nitrogen and oxygen atoms in total. The zero-order valence-corrected chi connectivity index (χ0v) is 11.9. The van der Waals surface area contributed by atoms with Gasteiger partial charge in [0.2, 0.25) is 0 Å². The molecule has 0 aliphatic carbocycles. The number of methoxy groups -OCH3 is 1. The molecule has 1 aromatic carbocycles. The predicted octanol–water partition coefficient (Wildman–Crippen LogP) is 3.18. The van der Waals surface area contributed by atoms with Crippen LogP contribution in [-0.4, -0.2) is 23.0 Å². The lowest BCUT2D eigenvalue weighted by atomic mass is 10.4. The highest BCUT2D eigenvalue weighted by Gasteiger charge is 2.09. The van der Waals surface area contributed by atoms with Crippen LogP contribution in [0, 0.1) is 0 Å². The van der Waals surface area contributed by atoms with Gasteiger partial charge in [-0.05, 0) is 18.2 Å². The molecule has 2 rings (SSSR count). The normalized spacial score (nSPS) is 10.1. The highest BCUT2D eigenvalue weighted by molar-refractivity contribution is 9.10. The minimum Gasteiger partial charge on any atom is -0.464 e. The minimum atomic E-state index is -0.487. The molecule has 0 radical (unpaired) electrons. The van der Waals surface area contributed by atoms with Crippen LogP contribution in [0.5, 0.6) is 0 Å². The van der Waals surface area contributed by atoms with Crippen molar-refractivity contribution in [2.24, 2.45) is 0 Å². The summed E-state index contributed by atoms with van der Waals surface area (Å²) in [7, 11) is 1.32. The Bertz CT molecular complexity index is 578. The van der Waals surface area contributed by atoms with Crippen molar-refractivity contribution in [1.82, 2.24) is 9.97 Å². The highest BCUT2D eigenvalue weighted by atomic mass is 79.9. The summed E-state index contributed by atoms with van der Waals surface area (Å²) in [6, 6.07) is 7.81. The minimum absolute atomic E-state index is 0.206. The summed E-state index contributed by atoms with van der Waals surface area (Å²) in [6.45, 7) is 0. The van der Waals surface area contributed by atoms with Crippen molar-refractivity contribution in [1.29, 1.82) is 0 Å². The first kappa shape index (κ1) is 13.0. The second-order valence-corrected chi connectivity index (χ2v) is 5.30. The van der Waals surface area contributed by atoms with Crippen molar-refractivity contribution in [3.63, 3.8) is 0 Å². The van der Waals surface area contributed by atoms with E-state index < -0.39 is 5.97 Å². The van der Waals surface area contributed by atoms with Crippen molar-refractivity contribution >= 4 is 33.7 Å². The number of hydrogen-bond acceptors (Lipinski definition) is 5. The second kappa shape index (κ2) is 5.97. The monoisotopic (exact) mass is 324 g/mol. The lowest BCUT2D eigenvalue weighted by Crippen LogP contribution is -2.05. The number of carbonyl (C=O) groups excluding carboxylic acids is 1. The SMILES string of the molecule is COC(=O)c1cncc(Sc2cccc(Br)c2)n1. The molecule has 1 heterocycles. The Kier molecular flexibility index (Phi) is 4.33. The number of carbonyl (C=O) groups is 1. The molecule has 0 saturated carbocycles. The Morgan fingerprint density at radius 1 is 1.39 bits per heavy atom. The zero-order chi connectivity index (χ0) is 13.0. The first-order valence-corrected chi connectivity index (χ1v) is 6.64. The van der Waals surface area contributed by atoms with E-state index in [2.05, 4.69) is 30.6 Å². The Morgan fingerprint density at radius 3 is 2.94 bits per heavy atom. The second-order valence-electron chi connectivity index (χ2n) is 3.29. The molecule has 6 heteroatoms. The van der Waals surface area contributed by atoms with Gasteiger partial charge in [0, 0.05) is 9.37 Å². The number of ether oxygens (including phenoxy) is 1. The topological polar surface area (TPSA) is 52.1 Å². The molecular weight excluding hydrogens is 316 g/mol. The Morgan fingerprint density at radius 2 is 2.22 bits per heavy atom. The number of rotatable bonds is 3. The first-order chi connectivity index (χ1) is 8.69. The van der Waals surface area contributed by atoms with Gasteiger partial charge in [-0.15, -0.1) is 0 Å². The quantitative estimate of drug-likeness (QED) is 0.811. The van der Waals surface area contributed by atoms with Gasteiger partial charge in [0.15, 0.2) is 5.69 Å². The maximum absolute atomic E-state index is 11.3. The maximum atomic E-state index is 11.3. The van der Waals surface area contributed by atoms with Crippen LogP contribution in [0.1, 0.15) is 10.5 Å². The molecule has 0 amide bonds. The molecule has 0 unspecified atom stereocenters. The van der Waals surface area contributed by atoms with Crippen LogP contribution >= 0.6 is 27.7 Å². The average molecular weight is 325 g/mol. The lowest BCUT2D eigenvalue weighted by Gasteiger charge is -2.03. The maximum Gasteiger partial charge on any atom is 0.358 e. The van der Waals surface area contributed by atoms with Gasteiger partial charge < -0.3 is 4.74 Å². The third kappa shape index (κ3) is 3.30. The average Bonchev–Trinajstić information content (AvgIpc) is 2.38. The van der Waals surface area contributed by atoms with E-state index in [0.29, 0.717) is 5.03 Å². The molecule has 18 heavy (non-hydrogen) atoms. The van der Waals surface area contributed by atoms with Crippen molar-refractivity contribution in [3.05, 3.63) is 46.8 Å². The Balaban J connectivity index is 2.22. The molecule has 0 atom stereocenters. The fourth-order valence-corrected chi connectivity index (χ4v) is 2.63. The van der Waals surface area contributed by atoms with Gasteiger partial charge in [-0.2, -0.15) is 0 Å². The van der Waals surface area contributed by atoms with Crippen molar-refractivity contribution < 1.29 is 9.53 Å². The molecule has 1 aromatic heterocycles. The van der Waals surface area contributed by atoms with Crippen LogP contribution in [0.2, 0.25) is 0 Å². The van der Waals surface area contributed by atoms with E-state index in [9.17, 15) is 4.79 Å². The van der Waals surface area contributed by atoms with E-state index in [0.717, 1.165) is 9.37 Å². The van der Waals surface area contributed by atoms with Crippen LogP contribution in [0.4, 0.5) is 0 Å². The smallest absolute Gasteiger partial charge is 0.358 e. The molecule has 0 aliphatic rings. The van der Waals surface area contributed by atoms with Crippen molar-refractivity contribution in [3.8, 4) is 0 Å². The summed E-state index contributed by atoms with van der Waals surface area (Å²) in [5, 5.41) is 0.649. The molecule has 0 bridgehead atoms. The van der Waals surface area contributed by atoms with Gasteiger partial charge in [0.1, 0.15) is 5.03 Å². The fraction of sp³-hybridized carbons (Fsp3) is 0.0833. The Hall–Kier alpha value is -1.40. The molecule has 2 aromatic rings. The van der Waals surface area contributed by atoms with Crippen molar-refractivity contribution in [2.45, 2.75) is 9.92 Å². The number of hydrogen-bond donors (Lipinski definition) is 0. The third-order valence-corrected chi connectivity index (χ3v) is 3.41. The van der Waals surface area contributed by atoms with E-state index in [1.54, 1.807) is 6.20 Å². The number of halogens is 1. The van der Waals surface area contributed by atoms with E-state index >= 15 is 0 Å². The van der Waals surface area contributed by atoms with Gasteiger partial charge in [-0.3, -0.25) is 4.98 Å². The molecule has 92 valence electrons. The van der Waals surface area contributed by atoms with E-state index in [-0.39, 0.29) is 5.69 Å². The van der Waals surface area contributed by atoms with Crippen LogP contribution in [-0.2, 0) is 4.74 Å². The summed E-state index contributed by atoms with van der Waals surface area (Å²) in [5.41, 5.74) is 0.206. The number of nitrogens with zero attached hydrogens (tertiary/aromatic N) is 2. The standard InChI is InChI=1S/C12H9BrN2O2S/c1-17-12(16)10-6-14-7-11(15-10)18-9-4-2-3-8(13)5-9/h2-7H,1H3. The molecule has 0 spiro atoms. The largest absolute Gasteiger partial charge is 0.464 e. The van der Waals surface area contributed by atoms with Gasteiger partial charge in [-0.25, -0.2) is 9.78 Å². The van der Waals surface area contributed by atoms with Gasteiger partial charge in [0.25, 0.3) is 0 Å². The predicted molar refractivity (Wildman–Crippen MR) is 71.6 cm³/mol. The van der Waals surface area contributed by atoms with Gasteiger partial charge >= 0.3 is 5.97 Å². The van der Waals surface area contributed by atoms with Crippen LogP contribution in [0.3, 0.4) is 0 Å². The zero-order valence-electron chi connectivity index (χ0n) is 9.46. The number of esters is 1. The van der Waals surface area contributed by atoms with Gasteiger partial charge in [-0.1, -0.05) is 33.8 Å². The molecular formula is C12H9BrN2O2S. The summed E-state index contributed by atoms with van der Waals surface area (Å²) >= 11 is 4.83. The van der Waals surface area contributed by atoms with Crippen LogP contribution < -0.4 is 0 Å². The van der Waals surface area contributed by atoms with Crippen LogP contribution in [0.25, 0.3) is 0 Å². The van der Waals surface area contributed by atoms with E-state index in [1.807, 2.05) is 24.3 Å². The lowest BCUT2D eigenvalue weighted by molar-refractivity contribution is 0.0592. The van der Waals surface area contributed by atoms with Gasteiger partial charge in [0.05, 0.1) is 19.5 Å².